The molecule has 15 heavy (non-hydrogen) atoms. The monoisotopic (exact) mass is 214 g/mol. The van der Waals surface area contributed by atoms with Gasteiger partial charge in [0.1, 0.15) is 0 Å². The lowest BCUT2D eigenvalue weighted by Gasteiger charge is -2.37. The summed E-state index contributed by atoms with van der Waals surface area (Å²) < 4.78 is 0. The molecule has 0 aromatic heterocycles. The first-order chi connectivity index (χ1) is 7.17. The van der Waals surface area contributed by atoms with Gasteiger partial charge in [-0.1, -0.05) is 13.8 Å². The lowest BCUT2D eigenvalue weighted by molar-refractivity contribution is 0.0907. The van der Waals surface area contributed by atoms with Gasteiger partial charge in [0.25, 0.3) is 0 Å². The summed E-state index contributed by atoms with van der Waals surface area (Å²) in [5.41, 5.74) is 6.21. The van der Waals surface area contributed by atoms with E-state index in [9.17, 15) is 0 Å². The van der Waals surface area contributed by atoms with Crippen molar-refractivity contribution in [2.45, 2.75) is 20.0 Å². The Bertz CT molecular complexity index is 162. The minimum absolute atomic E-state index is 0.207. The van der Waals surface area contributed by atoms with Crippen molar-refractivity contribution in [2.75, 3.05) is 52.9 Å². The molecule has 2 N–H and O–H groups in total. The molecule has 1 aliphatic rings. The van der Waals surface area contributed by atoms with Gasteiger partial charge in [-0.05, 0) is 20.1 Å². The third kappa shape index (κ3) is 4.07. The molecule has 4 heteroatoms. The van der Waals surface area contributed by atoms with Gasteiger partial charge < -0.3 is 15.5 Å². The highest BCUT2D eigenvalue weighted by Crippen LogP contribution is 2.03. The summed E-state index contributed by atoms with van der Waals surface area (Å²) in [6.07, 6.45) is 0.207. The average molecular weight is 214 g/mol. The van der Waals surface area contributed by atoms with Crippen molar-refractivity contribution in [2.24, 2.45) is 5.73 Å². The number of hydrogen-bond acceptors (Lipinski definition) is 4. The van der Waals surface area contributed by atoms with Gasteiger partial charge >= 0.3 is 0 Å². The highest BCUT2D eigenvalue weighted by Gasteiger charge is 2.20. The molecular weight excluding hydrogens is 188 g/mol. The second-order valence-electron chi connectivity index (χ2n) is 4.39. The van der Waals surface area contributed by atoms with E-state index in [1.165, 1.54) is 0 Å². The van der Waals surface area contributed by atoms with Crippen molar-refractivity contribution in [1.82, 2.24) is 14.7 Å². The molecule has 1 heterocycles. The smallest absolute Gasteiger partial charge is 0.0703 e. The fraction of sp³-hybridized carbons (Fsp3) is 1.00. The Morgan fingerprint density at radius 2 is 1.67 bits per heavy atom. The van der Waals surface area contributed by atoms with Gasteiger partial charge in [-0.25, -0.2) is 0 Å². The van der Waals surface area contributed by atoms with Gasteiger partial charge in [0.15, 0.2) is 0 Å². The predicted octanol–water partition coefficient (Wildman–Crippen LogP) is -0.140. The number of nitrogens with two attached hydrogens (primary N) is 1. The van der Waals surface area contributed by atoms with E-state index in [2.05, 4.69) is 35.6 Å². The van der Waals surface area contributed by atoms with Crippen molar-refractivity contribution in [3.8, 4) is 0 Å². The zero-order valence-electron chi connectivity index (χ0n) is 10.4. The van der Waals surface area contributed by atoms with Crippen LogP contribution in [0.4, 0.5) is 0 Å². The molecule has 1 fully saturated rings. The van der Waals surface area contributed by atoms with Gasteiger partial charge in [-0.2, -0.15) is 0 Å². The summed E-state index contributed by atoms with van der Waals surface area (Å²) in [5.74, 6) is 0. The minimum atomic E-state index is 0.207. The maximum absolute atomic E-state index is 6.21. The quantitative estimate of drug-likeness (QED) is 0.691. The molecule has 0 bridgehead atoms. The molecule has 0 aromatic rings. The topological polar surface area (TPSA) is 35.7 Å². The molecule has 0 aliphatic carbocycles. The number of nitrogens with zero attached hydrogens (tertiary/aromatic N) is 3. The molecule has 0 radical (unpaired) electrons. The van der Waals surface area contributed by atoms with Crippen LogP contribution in [-0.4, -0.2) is 73.7 Å². The van der Waals surface area contributed by atoms with Crippen LogP contribution in [0.5, 0.6) is 0 Å². The van der Waals surface area contributed by atoms with Gasteiger partial charge in [0.2, 0.25) is 0 Å². The first kappa shape index (κ1) is 12.9. The lowest BCUT2D eigenvalue weighted by Crippen LogP contribution is -2.56. The van der Waals surface area contributed by atoms with E-state index in [0.717, 1.165) is 45.8 Å². The zero-order chi connectivity index (χ0) is 11.3. The molecule has 90 valence electrons. The Morgan fingerprint density at radius 3 is 2.13 bits per heavy atom. The lowest BCUT2D eigenvalue weighted by atomic mass is 10.3. The van der Waals surface area contributed by atoms with Crippen molar-refractivity contribution >= 4 is 0 Å². The molecular formula is C11H26N4. The number of piperazine rings is 1. The predicted molar refractivity (Wildman–Crippen MR) is 64.8 cm³/mol. The third-order valence-electron chi connectivity index (χ3n) is 3.35. The maximum Gasteiger partial charge on any atom is 0.0703 e. The van der Waals surface area contributed by atoms with Crippen LogP contribution in [0.25, 0.3) is 0 Å². The van der Waals surface area contributed by atoms with Gasteiger partial charge in [0.05, 0.1) is 6.17 Å². The number of rotatable bonds is 5. The van der Waals surface area contributed by atoms with Crippen LogP contribution in [0.1, 0.15) is 13.8 Å². The fourth-order valence-electron chi connectivity index (χ4n) is 2.02. The Morgan fingerprint density at radius 1 is 1.13 bits per heavy atom. The molecule has 1 unspecified atom stereocenters. The van der Waals surface area contributed by atoms with Crippen LogP contribution >= 0.6 is 0 Å². The second kappa shape index (κ2) is 6.43. The molecule has 1 rings (SSSR count). The SMILES string of the molecule is CCN(CC)CC(N)N1CCN(C)CC1. The van der Waals surface area contributed by atoms with Crippen molar-refractivity contribution in [3.63, 3.8) is 0 Å². The molecule has 4 nitrogen and oxygen atoms in total. The van der Waals surface area contributed by atoms with E-state index >= 15 is 0 Å². The molecule has 0 amide bonds. The Labute approximate surface area is 94.0 Å². The normalized spacial score (nSPS) is 22.2. The summed E-state index contributed by atoms with van der Waals surface area (Å²) in [7, 11) is 2.17. The van der Waals surface area contributed by atoms with E-state index in [1.54, 1.807) is 0 Å². The van der Waals surface area contributed by atoms with E-state index in [0.29, 0.717) is 0 Å². The van der Waals surface area contributed by atoms with Crippen LogP contribution in [0, 0.1) is 0 Å². The standard InChI is InChI=1S/C11H26N4/c1-4-14(5-2)10-11(12)15-8-6-13(3)7-9-15/h11H,4-10,12H2,1-3H3. The zero-order valence-corrected chi connectivity index (χ0v) is 10.4. The summed E-state index contributed by atoms with van der Waals surface area (Å²) in [6, 6.07) is 0. The van der Waals surface area contributed by atoms with Crippen LogP contribution in [0.3, 0.4) is 0 Å². The van der Waals surface area contributed by atoms with E-state index < -0.39 is 0 Å². The van der Waals surface area contributed by atoms with Crippen molar-refractivity contribution in [1.29, 1.82) is 0 Å². The van der Waals surface area contributed by atoms with Crippen LogP contribution < -0.4 is 5.73 Å². The Hall–Kier alpha value is -0.160. The van der Waals surface area contributed by atoms with Crippen molar-refractivity contribution in [3.05, 3.63) is 0 Å². The summed E-state index contributed by atoms with van der Waals surface area (Å²) >= 11 is 0. The number of hydrogen-bond donors (Lipinski definition) is 1. The van der Waals surface area contributed by atoms with E-state index in [-0.39, 0.29) is 6.17 Å². The summed E-state index contributed by atoms with van der Waals surface area (Å²) in [4.78, 5) is 7.15. The van der Waals surface area contributed by atoms with Crippen LogP contribution in [0.15, 0.2) is 0 Å². The molecule has 1 saturated heterocycles. The average Bonchev–Trinajstić information content (AvgIpc) is 2.26. The highest BCUT2D eigenvalue weighted by molar-refractivity contribution is 4.75. The molecule has 0 spiro atoms. The molecule has 1 aliphatic heterocycles. The summed E-state index contributed by atoms with van der Waals surface area (Å²) in [5, 5.41) is 0. The Kier molecular flexibility index (Phi) is 5.53. The largest absolute Gasteiger partial charge is 0.315 e. The highest BCUT2D eigenvalue weighted by atomic mass is 15.3. The van der Waals surface area contributed by atoms with Crippen molar-refractivity contribution < 1.29 is 0 Å². The first-order valence-corrected chi connectivity index (χ1v) is 6.07. The molecule has 1 atom stereocenters. The molecule has 0 saturated carbocycles. The van der Waals surface area contributed by atoms with Crippen LogP contribution in [0.2, 0.25) is 0 Å². The minimum Gasteiger partial charge on any atom is -0.315 e. The third-order valence-corrected chi connectivity index (χ3v) is 3.35. The van der Waals surface area contributed by atoms with Crippen LogP contribution in [-0.2, 0) is 0 Å². The summed E-state index contributed by atoms with van der Waals surface area (Å²) in [6.45, 7) is 12.1. The van der Waals surface area contributed by atoms with Gasteiger partial charge in [0, 0.05) is 32.7 Å². The second-order valence-corrected chi connectivity index (χ2v) is 4.39. The number of likely N-dealkylation sites (N-methyl/N-ethyl adjacent to an activating group) is 2. The first-order valence-electron chi connectivity index (χ1n) is 6.07. The van der Waals surface area contributed by atoms with Gasteiger partial charge in [-0.3, -0.25) is 4.90 Å². The maximum atomic E-state index is 6.21. The van der Waals surface area contributed by atoms with E-state index in [4.69, 9.17) is 5.73 Å². The fourth-order valence-corrected chi connectivity index (χ4v) is 2.02. The molecule has 0 aromatic carbocycles. The van der Waals surface area contributed by atoms with E-state index in [1.807, 2.05) is 0 Å². The Balaban J connectivity index is 2.30. The van der Waals surface area contributed by atoms with Gasteiger partial charge in [-0.15, -0.1) is 0 Å².